The van der Waals surface area contributed by atoms with Gasteiger partial charge in [0.25, 0.3) is 0 Å². The van der Waals surface area contributed by atoms with E-state index in [1.54, 1.807) is 7.11 Å². The van der Waals surface area contributed by atoms with Gasteiger partial charge in [0.1, 0.15) is 0 Å². The zero-order valence-corrected chi connectivity index (χ0v) is 14.6. The van der Waals surface area contributed by atoms with Gasteiger partial charge in [-0.25, -0.2) is 0 Å². The zero-order valence-electron chi connectivity index (χ0n) is 13.3. The van der Waals surface area contributed by atoms with Crippen LogP contribution in [0.5, 0.6) is 0 Å². The van der Waals surface area contributed by atoms with E-state index in [4.69, 9.17) is 28.0 Å². The van der Waals surface area contributed by atoms with Gasteiger partial charge in [0.05, 0.1) is 0 Å². The van der Waals surface area contributed by atoms with E-state index in [-0.39, 0.29) is 0 Å². The molecule has 0 fully saturated rings. The van der Waals surface area contributed by atoms with Crippen molar-refractivity contribution < 1.29 is 43.8 Å². The Morgan fingerprint density at radius 1 is 0.880 bits per heavy atom. The Bertz CT molecular complexity index is 590. The van der Waals surface area contributed by atoms with Gasteiger partial charge in [-0.15, -0.1) is 0 Å². The summed E-state index contributed by atoms with van der Waals surface area (Å²) in [4.78, 5) is 0. The average molecular weight is 376 g/mol. The molecule has 0 radical (unpaired) electrons. The summed E-state index contributed by atoms with van der Waals surface area (Å²) in [7, 11) is 1.59. The van der Waals surface area contributed by atoms with Crippen LogP contribution in [0.1, 0.15) is 12.5 Å². The minimum atomic E-state index is 0.607. The van der Waals surface area contributed by atoms with Gasteiger partial charge in [-0.3, -0.25) is 0 Å². The molecule has 1 aromatic carbocycles. The third-order valence-electron chi connectivity index (χ3n) is 1.73. The molecule has 25 heavy (non-hydrogen) atoms. The van der Waals surface area contributed by atoms with E-state index in [9.17, 15) is 0 Å². The summed E-state index contributed by atoms with van der Waals surface area (Å²) in [6, 6.07) is 10.1. The minimum absolute atomic E-state index is 0.607. The molecule has 0 amide bonds. The van der Waals surface area contributed by atoms with Gasteiger partial charge >= 0.3 is 155 Å². The van der Waals surface area contributed by atoms with Crippen molar-refractivity contribution in [1.29, 1.82) is 0 Å². The molecule has 0 atom stereocenters. The summed E-state index contributed by atoms with van der Waals surface area (Å²) in [6.45, 7) is 24.5. The molecule has 0 aliphatic heterocycles. The first-order valence-electron chi connectivity index (χ1n) is 5.58. The number of hydrogen-bond donors (Lipinski definition) is 0. The molecule has 0 heterocycles. The van der Waals surface area contributed by atoms with Crippen LogP contribution in [-0.2, 0) is 43.8 Å². The maximum atomic E-state index is 7.50. The molecule has 0 saturated carbocycles. The fourth-order valence-electron chi connectivity index (χ4n) is 1.04. The number of ether oxygens (including phenoxy) is 1. The Hall–Kier alpha value is -2.42. The van der Waals surface area contributed by atoms with Crippen molar-refractivity contribution >= 4 is 10.6 Å². The quantitative estimate of drug-likeness (QED) is 0.440. The van der Waals surface area contributed by atoms with Crippen molar-refractivity contribution in [1.82, 2.24) is 0 Å². The topological polar surface area (TPSA) is 109 Å². The average Bonchev–Trinajstić information content (AvgIpc) is 2.74. The van der Waals surface area contributed by atoms with Gasteiger partial charge in [-0.05, 0) is 0 Å². The summed E-state index contributed by atoms with van der Waals surface area (Å²) in [5.41, 5.74) is 2.16. The van der Waals surface area contributed by atoms with Crippen LogP contribution in [0.15, 0.2) is 35.9 Å². The summed E-state index contributed by atoms with van der Waals surface area (Å²) < 4.78 is 43.0. The van der Waals surface area contributed by atoms with Crippen molar-refractivity contribution in [3.05, 3.63) is 74.7 Å². The molecule has 0 bridgehead atoms. The van der Waals surface area contributed by atoms with Crippen molar-refractivity contribution in [2.24, 2.45) is 0 Å². The fourth-order valence-corrected chi connectivity index (χ4v) is 1.12. The van der Waals surface area contributed by atoms with E-state index >= 15 is 0 Å². The summed E-state index contributed by atoms with van der Waals surface area (Å²) >= 11 is 2.74. The van der Waals surface area contributed by atoms with Crippen LogP contribution in [0.3, 0.4) is 0 Å². The third kappa shape index (κ3) is 30.1. The third-order valence-corrected chi connectivity index (χ3v) is 2.15. The van der Waals surface area contributed by atoms with Gasteiger partial charge < -0.3 is 0 Å². The molecular weight excluding hydrogens is 364 g/mol. The van der Waals surface area contributed by atoms with E-state index in [0.29, 0.717) is 4.57 Å². The van der Waals surface area contributed by atoms with Crippen molar-refractivity contribution in [3.63, 3.8) is 0 Å². The molecule has 0 aliphatic rings. The van der Waals surface area contributed by atoms with Crippen LogP contribution in [0.2, 0.25) is 0 Å². The van der Waals surface area contributed by atoms with Gasteiger partial charge in [0.15, 0.2) is 0 Å². The van der Waals surface area contributed by atoms with Crippen molar-refractivity contribution in [2.75, 3.05) is 7.11 Å². The molecule has 6 nitrogen and oxygen atoms in total. The molecule has 0 unspecified atom stereocenters. The van der Waals surface area contributed by atoms with Crippen LogP contribution < -0.4 is 0 Å². The van der Waals surface area contributed by atoms with E-state index in [0.717, 1.165) is 11.1 Å². The van der Waals surface area contributed by atoms with Crippen LogP contribution in [0, 0.1) is 45.1 Å². The van der Waals surface area contributed by atoms with E-state index in [1.165, 1.54) is 0 Å². The SMILES string of the molecule is CO[C](=[Cr])C#C/C(C)=C/c1ccccc1.[C-]#[O+].[C-]#[O+].[C-]#[O+].[C-]#[O+].[C-]#[O+]. The standard InChI is InChI=1S/C13H12O.5CO.Cr/c1-12(7-6-10-14-2)11-13-8-4-3-5-9-13;5*1-2;/h3-5,8-9,11H,1-2H3;;;;;;/b12-11+;;;;;;. The Labute approximate surface area is 155 Å². The van der Waals surface area contributed by atoms with Gasteiger partial charge in [0.2, 0.25) is 0 Å². The van der Waals surface area contributed by atoms with E-state index < -0.39 is 0 Å². The maximum absolute atomic E-state index is 7.50. The molecule has 7 heteroatoms. The Kier molecular flexibility index (Phi) is 51.3. The van der Waals surface area contributed by atoms with Crippen molar-refractivity contribution in [2.45, 2.75) is 6.92 Å². The number of methoxy groups -OCH3 is 1. The zero-order chi connectivity index (χ0) is 21.1. The van der Waals surface area contributed by atoms with Crippen LogP contribution in [0.4, 0.5) is 0 Å². The number of benzene rings is 1. The summed E-state index contributed by atoms with van der Waals surface area (Å²) in [5, 5.41) is 0. The van der Waals surface area contributed by atoms with Gasteiger partial charge in [0, 0.05) is 0 Å². The normalized spacial score (nSPS) is 6.64. The number of rotatable bonds is 2. The molecule has 126 valence electrons. The Morgan fingerprint density at radius 2 is 1.28 bits per heavy atom. The first kappa shape index (κ1) is 34.0. The predicted molar refractivity (Wildman–Crippen MR) is 79.5 cm³/mol. The van der Waals surface area contributed by atoms with Crippen LogP contribution >= 0.6 is 0 Å². The first-order chi connectivity index (χ1) is 12.2. The van der Waals surface area contributed by atoms with Crippen LogP contribution in [0.25, 0.3) is 6.08 Å². The van der Waals surface area contributed by atoms with Crippen molar-refractivity contribution in [3.8, 4) is 11.8 Å². The molecule has 1 rings (SSSR count). The number of hydrogen-bond acceptors (Lipinski definition) is 1. The molecular formula is C18H12CrO6. The second-order valence-electron chi connectivity index (χ2n) is 2.98. The molecule has 1 aromatic rings. The molecule has 0 N–H and O–H groups in total. The second kappa shape index (κ2) is 37.7. The molecule has 0 saturated heterocycles. The van der Waals surface area contributed by atoms with Gasteiger partial charge in [-0.1, -0.05) is 0 Å². The number of allylic oxidation sites excluding steroid dienone is 1. The Morgan fingerprint density at radius 3 is 1.64 bits per heavy atom. The molecule has 0 spiro atoms. The van der Waals surface area contributed by atoms with E-state index in [2.05, 4.69) is 60.9 Å². The second-order valence-corrected chi connectivity index (χ2v) is 3.56. The van der Waals surface area contributed by atoms with Gasteiger partial charge in [-0.2, -0.15) is 0 Å². The summed E-state index contributed by atoms with van der Waals surface area (Å²) in [5.74, 6) is 5.87. The fraction of sp³-hybridized carbons (Fsp3) is 0.111. The molecule has 0 aromatic heterocycles. The monoisotopic (exact) mass is 376 g/mol. The Balaban J connectivity index is -0.000000114. The predicted octanol–water partition coefficient (Wildman–Crippen LogP) is 2.23. The summed E-state index contributed by atoms with van der Waals surface area (Å²) in [6.07, 6.45) is 2.04. The van der Waals surface area contributed by atoms with E-state index in [1.807, 2.05) is 43.3 Å². The molecule has 0 aliphatic carbocycles. The first-order valence-corrected chi connectivity index (χ1v) is 6.21. The van der Waals surface area contributed by atoms with Crippen LogP contribution in [-0.4, -0.2) is 11.7 Å².